The molecule has 142 valence electrons. The molecule has 0 bridgehead atoms. The molecule has 0 saturated heterocycles. The Morgan fingerprint density at radius 2 is 1.45 bits per heavy atom. The summed E-state index contributed by atoms with van der Waals surface area (Å²) in [5.74, 6) is -0.490. The lowest BCUT2D eigenvalue weighted by molar-refractivity contribution is 0.0729. The largest absolute Gasteiger partial charge is 0.422 e. The number of hydrogen-bond acceptors (Lipinski definition) is 5. The minimum atomic E-state index is -0.693. The molecule has 4 aromatic rings. The Morgan fingerprint density at radius 3 is 2.10 bits per heavy atom. The Hall–Kier alpha value is -4.06. The van der Waals surface area contributed by atoms with Crippen molar-refractivity contribution in [3.8, 4) is 11.4 Å². The number of carbonyl (C=O) groups excluding carboxylic acids is 2. The SMILES string of the molecule is CC(=O)c1ccc(OC(=O)c2nn(-c3ccccc3)c(=O)c3ccccc23)cc1. The molecule has 0 amide bonds. The summed E-state index contributed by atoms with van der Waals surface area (Å²) < 4.78 is 6.64. The number of ether oxygens (including phenoxy) is 1. The molecular weight excluding hydrogens is 368 g/mol. The first kappa shape index (κ1) is 18.3. The fourth-order valence-corrected chi connectivity index (χ4v) is 3.00. The first-order chi connectivity index (χ1) is 14.0. The van der Waals surface area contributed by atoms with Crippen molar-refractivity contribution in [2.24, 2.45) is 0 Å². The number of Topliss-reactive ketones (excluding diaryl/α,β-unsaturated/α-hetero) is 1. The van der Waals surface area contributed by atoms with Crippen molar-refractivity contribution < 1.29 is 14.3 Å². The smallest absolute Gasteiger partial charge is 0.364 e. The lowest BCUT2D eigenvalue weighted by atomic mass is 10.1. The highest BCUT2D eigenvalue weighted by atomic mass is 16.5. The Kier molecular flexibility index (Phi) is 4.75. The third-order valence-corrected chi connectivity index (χ3v) is 4.47. The van der Waals surface area contributed by atoms with Gasteiger partial charge in [0.1, 0.15) is 5.75 Å². The molecular formula is C23H16N2O4. The van der Waals surface area contributed by atoms with Crippen LogP contribution < -0.4 is 10.3 Å². The zero-order valence-corrected chi connectivity index (χ0v) is 15.5. The quantitative estimate of drug-likeness (QED) is 0.304. The predicted molar refractivity (Wildman–Crippen MR) is 109 cm³/mol. The normalized spacial score (nSPS) is 10.7. The summed E-state index contributed by atoms with van der Waals surface area (Å²) in [6.07, 6.45) is 0. The molecule has 0 atom stereocenters. The van der Waals surface area contributed by atoms with E-state index in [1.165, 1.54) is 11.6 Å². The van der Waals surface area contributed by atoms with E-state index >= 15 is 0 Å². The van der Waals surface area contributed by atoms with Gasteiger partial charge in [-0.3, -0.25) is 9.59 Å². The average molecular weight is 384 g/mol. The van der Waals surface area contributed by atoms with Crippen LogP contribution in [0.2, 0.25) is 0 Å². The van der Waals surface area contributed by atoms with Gasteiger partial charge in [0.15, 0.2) is 11.5 Å². The molecule has 0 aliphatic heterocycles. The second-order valence-corrected chi connectivity index (χ2v) is 6.42. The number of fused-ring (bicyclic) bond motifs is 1. The molecule has 3 aromatic carbocycles. The summed E-state index contributed by atoms with van der Waals surface area (Å²) >= 11 is 0. The van der Waals surface area contributed by atoms with E-state index in [1.807, 2.05) is 6.07 Å². The summed E-state index contributed by atoms with van der Waals surface area (Å²) in [6.45, 7) is 1.46. The van der Waals surface area contributed by atoms with E-state index in [4.69, 9.17) is 4.74 Å². The van der Waals surface area contributed by atoms with E-state index in [9.17, 15) is 14.4 Å². The number of esters is 1. The maximum absolute atomic E-state index is 12.9. The highest BCUT2D eigenvalue weighted by Gasteiger charge is 2.19. The molecule has 29 heavy (non-hydrogen) atoms. The van der Waals surface area contributed by atoms with Gasteiger partial charge in [0.2, 0.25) is 0 Å². The van der Waals surface area contributed by atoms with Crippen LogP contribution in [0.1, 0.15) is 27.8 Å². The number of hydrogen-bond donors (Lipinski definition) is 0. The van der Waals surface area contributed by atoms with Crippen LogP contribution in [0.15, 0.2) is 83.7 Å². The fraction of sp³-hybridized carbons (Fsp3) is 0.0435. The molecule has 1 aromatic heterocycles. The molecule has 0 N–H and O–H groups in total. The predicted octanol–water partition coefficient (Wildman–Crippen LogP) is 3.81. The molecule has 6 nitrogen and oxygen atoms in total. The Morgan fingerprint density at radius 1 is 0.828 bits per heavy atom. The van der Waals surface area contributed by atoms with E-state index in [0.717, 1.165) is 0 Å². The summed E-state index contributed by atoms with van der Waals surface area (Å²) in [5.41, 5.74) is 0.767. The van der Waals surface area contributed by atoms with E-state index in [-0.39, 0.29) is 22.8 Å². The highest BCUT2D eigenvalue weighted by molar-refractivity contribution is 6.03. The molecule has 0 radical (unpaired) electrons. The summed E-state index contributed by atoms with van der Waals surface area (Å²) in [7, 11) is 0. The third kappa shape index (κ3) is 3.55. The highest BCUT2D eigenvalue weighted by Crippen LogP contribution is 2.19. The van der Waals surface area contributed by atoms with Crippen LogP contribution in [0.5, 0.6) is 5.75 Å². The molecule has 0 aliphatic rings. The first-order valence-electron chi connectivity index (χ1n) is 8.95. The van der Waals surface area contributed by atoms with Gasteiger partial charge in [-0.1, -0.05) is 36.4 Å². The second kappa shape index (κ2) is 7.52. The zero-order valence-electron chi connectivity index (χ0n) is 15.5. The standard InChI is InChI=1S/C23H16N2O4/c1-15(26)16-11-13-18(14-12-16)29-23(28)21-19-9-5-6-10-20(19)22(27)25(24-21)17-7-3-2-4-8-17/h2-14H,1H3. The van der Waals surface area contributed by atoms with Crippen molar-refractivity contribution in [1.82, 2.24) is 9.78 Å². The van der Waals surface area contributed by atoms with Crippen LogP contribution in [0.4, 0.5) is 0 Å². The molecule has 0 aliphatic carbocycles. The maximum Gasteiger partial charge on any atom is 0.364 e. The number of rotatable bonds is 4. The van der Waals surface area contributed by atoms with Gasteiger partial charge in [-0.2, -0.15) is 9.78 Å². The van der Waals surface area contributed by atoms with Crippen molar-refractivity contribution in [1.29, 1.82) is 0 Å². The number of aromatic nitrogens is 2. The molecule has 0 unspecified atom stereocenters. The van der Waals surface area contributed by atoms with Crippen molar-refractivity contribution in [3.63, 3.8) is 0 Å². The minimum Gasteiger partial charge on any atom is -0.422 e. The lowest BCUT2D eigenvalue weighted by Crippen LogP contribution is -2.25. The van der Waals surface area contributed by atoms with E-state index in [1.54, 1.807) is 72.8 Å². The first-order valence-corrected chi connectivity index (χ1v) is 8.95. The van der Waals surface area contributed by atoms with Crippen LogP contribution in [0.3, 0.4) is 0 Å². The van der Waals surface area contributed by atoms with Gasteiger partial charge >= 0.3 is 5.97 Å². The summed E-state index contributed by atoms with van der Waals surface area (Å²) in [6, 6.07) is 21.9. The van der Waals surface area contributed by atoms with Crippen LogP contribution >= 0.6 is 0 Å². The van der Waals surface area contributed by atoms with Crippen molar-refractivity contribution in [2.45, 2.75) is 6.92 Å². The second-order valence-electron chi connectivity index (χ2n) is 6.42. The van der Waals surface area contributed by atoms with Gasteiger partial charge in [-0.25, -0.2) is 4.79 Å². The van der Waals surface area contributed by atoms with Crippen LogP contribution in [-0.2, 0) is 0 Å². The van der Waals surface area contributed by atoms with Crippen molar-refractivity contribution in [2.75, 3.05) is 0 Å². The average Bonchev–Trinajstić information content (AvgIpc) is 2.75. The van der Waals surface area contributed by atoms with Crippen LogP contribution in [0.25, 0.3) is 16.5 Å². The summed E-state index contributed by atoms with van der Waals surface area (Å²) in [5, 5.41) is 5.07. The van der Waals surface area contributed by atoms with Crippen LogP contribution in [-0.4, -0.2) is 21.5 Å². The number of para-hydroxylation sites is 1. The zero-order chi connectivity index (χ0) is 20.4. The third-order valence-electron chi connectivity index (χ3n) is 4.47. The molecule has 0 saturated carbocycles. The molecule has 1 heterocycles. The van der Waals surface area contributed by atoms with Crippen molar-refractivity contribution in [3.05, 3.63) is 100 Å². The number of carbonyl (C=O) groups is 2. The van der Waals surface area contributed by atoms with Crippen LogP contribution in [0, 0.1) is 0 Å². The molecule has 6 heteroatoms. The molecule has 0 spiro atoms. The Labute approximate surface area is 166 Å². The number of nitrogens with zero attached hydrogens (tertiary/aromatic N) is 2. The van der Waals surface area contributed by atoms with Gasteiger partial charge in [-0.15, -0.1) is 0 Å². The topological polar surface area (TPSA) is 78.3 Å². The Bertz CT molecular complexity index is 1280. The minimum absolute atomic E-state index is 0.0275. The summed E-state index contributed by atoms with van der Waals surface area (Å²) in [4.78, 5) is 37.2. The van der Waals surface area contributed by atoms with Gasteiger partial charge in [0.05, 0.1) is 11.1 Å². The van der Waals surface area contributed by atoms with E-state index in [0.29, 0.717) is 22.0 Å². The van der Waals surface area contributed by atoms with Gasteiger partial charge in [-0.05, 0) is 49.4 Å². The van der Waals surface area contributed by atoms with Gasteiger partial charge in [0, 0.05) is 10.9 Å². The Balaban J connectivity index is 1.80. The van der Waals surface area contributed by atoms with Gasteiger partial charge in [0.25, 0.3) is 5.56 Å². The maximum atomic E-state index is 12.9. The molecule has 0 fully saturated rings. The van der Waals surface area contributed by atoms with Crippen molar-refractivity contribution >= 4 is 22.5 Å². The lowest BCUT2D eigenvalue weighted by Gasteiger charge is -2.11. The van der Waals surface area contributed by atoms with E-state index in [2.05, 4.69) is 5.10 Å². The number of ketones is 1. The van der Waals surface area contributed by atoms with Gasteiger partial charge < -0.3 is 4.74 Å². The number of benzene rings is 3. The monoisotopic (exact) mass is 384 g/mol. The fourth-order valence-electron chi connectivity index (χ4n) is 3.00. The molecule has 4 rings (SSSR count). The van der Waals surface area contributed by atoms with E-state index < -0.39 is 5.97 Å².